The molecule has 6 nitrogen and oxygen atoms in total. The van der Waals surface area contributed by atoms with E-state index in [2.05, 4.69) is 66.2 Å². The van der Waals surface area contributed by atoms with Crippen LogP contribution in [0.5, 0.6) is 5.75 Å². The Morgan fingerprint density at radius 3 is 2.79 bits per heavy atom. The highest BCUT2D eigenvalue weighted by atomic mass is 79.9. The number of nitrogens with zero attached hydrogens (tertiary/aromatic N) is 3. The topological polar surface area (TPSA) is 63.5 Å². The quantitative estimate of drug-likeness (QED) is 0.330. The first-order valence-corrected chi connectivity index (χ1v) is 10.1. The predicted octanol–water partition coefficient (Wildman–Crippen LogP) is 3.87. The number of guanidine groups is 1. The van der Waals surface area contributed by atoms with Crippen LogP contribution in [0.1, 0.15) is 17.8 Å². The molecule has 1 aromatic heterocycles. The van der Waals surface area contributed by atoms with E-state index in [1.54, 1.807) is 14.2 Å². The second kappa shape index (κ2) is 9.59. The summed E-state index contributed by atoms with van der Waals surface area (Å²) in [6, 6.07) is 14.3. The van der Waals surface area contributed by atoms with Crippen molar-refractivity contribution < 1.29 is 4.74 Å². The molecule has 7 heteroatoms. The van der Waals surface area contributed by atoms with Crippen LogP contribution in [0.15, 0.2) is 51.9 Å². The van der Waals surface area contributed by atoms with Crippen LogP contribution in [-0.4, -0.2) is 36.2 Å². The standard InChI is InChI=1S/C21H26BrN5O/c1-15-26-18-7-4-5-8-19(18)27(15)12-6-11-24-21(23-2)25-14-16-9-10-20(28-3)17(22)13-16/h4-5,7-10,13H,6,11-12,14H2,1-3H3,(H2,23,24,25). The van der Waals surface area contributed by atoms with Crippen LogP contribution in [-0.2, 0) is 13.1 Å². The van der Waals surface area contributed by atoms with Gasteiger partial charge in [-0.15, -0.1) is 0 Å². The highest BCUT2D eigenvalue weighted by Gasteiger charge is 2.06. The fraction of sp³-hybridized carbons (Fsp3) is 0.333. The minimum Gasteiger partial charge on any atom is -0.496 e. The third-order valence-corrected chi connectivity index (χ3v) is 5.22. The molecule has 0 spiro atoms. The summed E-state index contributed by atoms with van der Waals surface area (Å²) in [5, 5.41) is 6.72. The molecule has 148 valence electrons. The molecule has 0 unspecified atom stereocenters. The van der Waals surface area contributed by atoms with Gasteiger partial charge in [0.05, 0.1) is 22.6 Å². The number of halogens is 1. The van der Waals surface area contributed by atoms with Gasteiger partial charge in [0.2, 0.25) is 0 Å². The van der Waals surface area contributed by atoms with Crippen molar-refractivity contribution in [1.29, 1.82) is 0 Å². The van der Waals surface area contributed by atoms with Crippen LogP contribution in [0.4, 0.5) is 0 Å². The van der Waals surface area contributed by atoms with Gasteiger partial charge in [-0.3, -0.25) is 4.99 Å². The van der Waals surface area contributed by atoms with Crippen molar-refractivity contribution >= 4 is 32.9 Å². The zero-order chi connectivity index (χ0) is 19.9. The van der Waals surface area contributed by atoms with Crippen molar-refractivity contribution in [3.05, 3.63) is 58.3 Å². The third kappa shape index (κ3) is 4.84. The Morgan fingerprint density at radius 1 is 1.21 bits per heavy atom. The van der Waals surface area contributed by atoms with E-state index in [4.69, 9.17) is 4.74 Å². The summed E-state index contributed by atoms with van der Waals surface area (Å²) in [6.07, 6.45) is 0.982. The lowest BCUT2D eigenvalue weighted by molar-refractivity contribution is 0.412. The number of aryl methyl sites for hydroxylation is 2. The number of rotatable bonds is 7. The van der Waals surface area contributed by atoms with E-state index in [1.807, 2.05) is 24.3 Å². The number of methoxy groups -OCH3 is 1. The number of para-hydroxylation sites is 2. The van der Waals surface area contributed by atoms with Crippen molar-refractivity contribution in [3.8, 4) is 5.75 Å². The highest BCUT2D eigenvalue weighted by molar-refractivity contribution is 9.10. The van der Waals surface area contributed by atoms with Gasteiger partial charge < -0.3 is 19.9 Å². The van der Waals surface area contributed by atoms with E-state index in [1.165, 1.54) is 5.52 Å². The summed E-state index contributed by atoms with van der Waals surface area (Å²) in [5.41, 5.74) is 3.39. The van der Waals surface area contributed by atoms with Crippen LogP contribution >= 0.6 is 15.9 Å². The Bertz CT molecular complexity index is 967. The third-order valence-electron chi connectivity index (χ3n) is 4.60. The fourth-order valence-electron chi connectivity index (χ4n) is 3.15. The Labute approximate surface area is 174 Å². The molecule has 2 N–H and O–H groups in total. The van der Waals surface area contributed by atoms with Crippen LogP contribution in [0.2, 0.25) is 0 Å². The first-order chi connectivity index (χ1) is 13.6. The van der Waals surface area contributed by atoms with E-state index >= 15 is 0 Å². The zero-order valence-electron chi connectivity index (χ0n) is 16.5. The van der Waals surface area contributed by atoms with Gasteiger partial charge in [0.1, 0.15) is 11.6 Å². The summed E-state index contributed by atoms with van der Waals surface area (Å²) in [4.78, 5) is 8.92. The van der Waals surface area contributed by atoms with Crippen molar-refractivity contribution in [3.63, 3.8) is 0 Å². The lowest BCUT2D eigenvalue weighted by Crippen LogP contribution is -2.37. The van der Waals surface area contributed by atoms with Crippen LogP contribution in [0, 0.1) is 6.92 Å². The molecule has 2 aromatic carbocycles. The molecule has 0 aliphatic heterocycles. The first kappa shape index (κ1) is 20.2. The molecule has 0 saturated heterocycles. The van der Waals surface area contributed by atoms with E-state index in [9.17, 15) is 0 Å². The number of nitrogens with one attached hydrogen (secondary N) is 2. The highest BCUT2D eigenvalue weighted by Crippen LogP contribution is 2.25. The van der Waals surface area contributed by atoms with Crippen LogP contribution < -0.4 is 15.4 Å². The maximum absolute atomic E-state index is 5.27. The SMILES string of the molecule is CN=C(NCCCn1c(C)nc2ccccc21)NCc1ccc(OC)c(Br)c1. The molecule has 3 rings (SSSR count). The van der Waals surface area contributed by atoms with E-state index in [-0.39, 0.29) is 0 Å². The molecule has 0 bridgehead atoms. The number of hydrogen-bond donors (Lipinski definition) is 2. The smallest absolute Gasteiger partial charge is 0.191 e. The molecule has 0 aliphatic rings. The average molecular weight is 444 g/mol. The van der Waals surface area contributed by atoms with Gasteiger partial charge in [0.25, 0.3) is 0 Å². The van der Waals surface area contributed by atoms with Crippen molar-refractivity contribution in [2.45, 2.75) is 26.4 Å². The molecule has 0 radical (unpaired) electrons. The second-order valence-electron chi connectivity index (χ2n) is 6.47. The summed E-state index contributed by atoms with van der Waals surface area (Å²) < 4.78 is 8.48. The Kier molecular flexibility index (Phi) is 6.92. The number of ether oxygens (including phenoxy) is 1. The van der Waals surface area contributed by atoms with Crippen molar-refractivity contribution in [2.24, 2.45) is 4.99 Å². The van der Waals surface area contributed by atoms with Crippen LogP contribution in [0.25, 0.3) is 11.0 Å². The van der Waals surface area contributed by atoms with Gasteiger partial charge >= 0.3 is 0 Å². The van der Waals surface area contributed by atoms with E-state index < -0.39 is 0 Å². The molecule has 0 fully saturated rings. The van der Waals surface area contributed by atoms with Gasteiger partial charge in [0, 0.05) is 26.7 Å². The lowest BCUT2D eigenvalue weighted by Gasteiger charge is -2.13. The Balaban J connectivity index is 1.48. The summed E-state index contributed by atoms with van der Waals surface area (Å²) in [7, 11) is 3.45. The van der Waals surface area contributed by atoms with Gasteiger partial charge in [0.15, 0.2) is 5.96 Å². The molecule has 0 aliphatic carbocycles. The number of aromatic nitrogens is 2. The van der Waals surface area contributed by atoms with Gasteiger partial charge in [-0.05, 0) is 59.1 Å². The zero-order valence-corrected chi connectivity index (χ0v) is 18.1. The van der Waals surface area contributed by atoms with Crippen molar-refractivity contribution in [1.82, 2.24) is 20.2 Å². The van der Waals surface area contributed by atoms with Gasteiger partial charge in [-0.2, -0.15) is 0 Å². The summed E-state index contributed by atoms with van der Waals surface area (Å²) >= 11 is 3.52. The average Bonchev–Trinajstić information content (AvgIpc) is 3.02. The number of fused-ring (bicyclic) bond motifs is 1. The minimum atomic E-state index is 0.688. The molecule has 0 amide bonds. The fourth-order valence-corrected chi connectivity index (χ4v) is 3.74. The Morgan fingerprint density at radius 2 is 2.04 bits per heavy atom. The van der Waals surface area contributed by atoms with Crippen LogP contribution in [0.3, 0.4) is 0 Å². The van der Waals surface area contributed by atoms with E-state index in [0.717, 1.165) is 52.6 Å². The van der Waals surface area contributed by atoms with Gasteiger partial charge in [-0.1, -0.05) is 18.2 Å². The number of imidazole rings is 1. The molecular formula is C21H26BrN5O. The summed E-state index contributed by atoms with van der Waals surface area (Å²) in [5.74, 6) is 2.67. The number of benzene rings is 2. The number of hydrogen-bond acceptors (Lipinski definition) is 3. The molecule has 1 heterocycles. The van der Waals surface area contributed by atoms with Crippen molar-refractivity contribution in [2.75, 3.05) is 20.7 Å². The normalized spacial score (nSPS) is 11.6. The second-order valence-corrected chi connectivity index (χ2v) is 7.33. The monoisotopic (exact) mass is 443 g/mol. The molecule has 0 atom stereocenters. The minimum absolute atomic E-state index is 0.688. The van der Waals surface area contributed by atoms with Gasteiger partial charge in [-0.25, -0.2) is 4.98 Å². The molecule has 3 aromatic rings. The predicted molar refractivity (Wildman–Crippen MR) is 118 cm³/mol. The first-order valence-electron chi connectivity index (χ1n) is 9.31. The molecule has 28 heavy (non-hydrogen) atoms. The summed E-state index contributed by atoms with van der Waals surface area (Å²) in [6.45, 7) is 4.49. The molecular weight excluding hydrogens is 418 g/mol. The lowest BCUT2D eigenvalue weighted by atomic mass is 10.2. The molecule has 0 saturated carbocycles. The van der Waals surface area contributed by atoms with E-state index in [0.29, 0.717) is 6.54 Å². The largest absolute Gasteiger partial charge is 0.496 e. The number of aliphatic imine (C=N–C) groups is 1. The maximum Gasteiger partial charge on any atom is 0.191 e. The maximum atomic E-state index is 5.27. The Hall–Kier alpha value is -2.54.